The van der Waals surface area contributed by atoms with Crippen molar-refractivity contribution in [3.63, 3.8) is 0 Å². The molecule has 0 unspecified atom stereocenters. The molecule has 1 N–H and O–H groups in total. The molecule has 102 valence electrons. The van der Waals surface area contributed by atoms with Gasteiger partial charge in [0.1, 0.15) is 5.75 Å². The Morgan fingerprint density at radius 1 is 1.37 bits per heavy atom. The number of aromatic nitrogens is 2. The lowest BCUT2D eigenvalue weighted by atomic mass is 10.1. The van der Waals surface area contributed by atoms with E-state index in [2.05, 4.69) is 10.2 Å². The summed E-state index contributed by atoms with van der Waals surface area (Å²) in [7, 11) is 0. The van der Waals surface area contributed by atoms with Crippen LogP contribution in [0.5, 0.6) is 5.75 Å². The minimum atomic E-state index is -0.561. The molecule has 6 heteroatoms. The van der Waals surface area contributed by atoms with Gasteiger partial charge in [-0.05, 0) is 24.6 Å². The van der Waals surface area contributed by atoms with Gasteiger partial charge in [0, 0.05) is 6.42 Å². The molecule has 1 aromatic carbocycles. The predicted octanol–water partition coefficient (Wildman–Crippen LogP) is 2.92. The van der Waals surface area contributed by atoms with Crippen molar-refractivity contribution in [2.24, 2.45) is 0 Å². The Hall–Kier alpha value is -1.59. The number of aliphatic hydroxyl groups excluding tert-OH is 1. The third-order valence-electron chi connectivity index (χ3n) is 2.60. The summed E-state index contributed by atoms with van der Waals surface area (Å²) in [5.74, 6) is 1.50. The van der Waals surface area contributed by atoms with E-state index in [-0.39, 0.29) is 6.61 Å². The van der Waals surface area contributed by atoms with E-state index in [1.807, 2.05) is 6.92 Å². The van der Waals surface area contributed by atoms with Crippen molar-refractivity contribution < 1.29 is 14.3 Å². The predicted molar refractivity (Wildman–Crippen MR) is 70.1 cm³/mol. The summed E-state index contributed by atoms with van der Waals surface area (Å²) in [4.78, 5) is 0. The van der Waals surface area contributed by atoms with E-state index < -0.39 is 6.10 Å². The van der Waals surface area contributed by atoms with Crippen LogP contribution in [0.2, 0.25) is 5.02 Å². The highest BCUT2D eigenvalue weighted by Crippen LogP contribution is 2.28. The summed E-state index contributed by atoms with van der Waals surface area (Å²) < 4.78 is 10.8. The second-order valence-corrected chi connectivity index (χ2v) is 4.50. The maximum Gasteiger partial charge on any atom is 0.253 e. The molecule has 5 nitrogen and oxygen atoms in total. The van der Waals surface area contributed by atoms with E-state index >= 15 is 0 Å². The number of rotatable bonds is 5. The molecular formula is C13H15ClN2O3. The van der Waals surface area contributed by atoms with Crippen molar-refractivity contribution in [3.8, 4) is 5.75 Å². The number of aryl methyl sites for hydroxylation is 1. The number of ether oxygens (including phenoxy) is 1. The molecule has 0 spiro atoms. The van der Waals surface area contributed by atoms with Gasteiger partial charge >= 0.3 is 0 Å². The fourth-order valence-electron chi connectivity index (χ4n) is 1.52. The lowest BCUT2D eigenvalue weighted by Gasteiger charge is -2.09. The highest BCUT2D eigenvalue weighted by atomic mass is 35.5. The summed E-state index contributed by atoms with van der Waals surface area (Å²) in [6, 6.07) is 5.14. The van der Waals surface area contributed by atoms with Gasteiger partial charge < -0.3 is 14.3 Å². The monoisotopic (exact) mass is 282 g/mol. The lowest BCUT2D eigenvalue weighted by molar-refractivity contribution is 0.199. The zero-order valence-corrected chi connectivity index (χ0v) is 11.5. The molecule has 1 atom stereocenters. The molecule has 0 aliphatic rings. The fraction of sp³-hybridized carbons (Fsp3) is 0.385. The molecule has 2 aromatic rings. The maximum atomic E-state index is 9.44. The fourth-order valence-corrected chi connectivity index (χ4v) is 1.77. The molecule has 1 heterocycles. The van der Waals surface area contributed by atoms with Gasteiger partial charge in [0.25, 0.3) is 5.89 Å². The zero-order chi connectivity index (χ0) is 13.8. The zero-order valence-electron chi connectivity index (χ0n) is 10.8. The van der Waals surface area contributed by atoms with E-state index in [1.165, 1.54) is 0 Å². The number of halogens is 1. The van der Waals surface area contributed by atoms with Gasteiger partial charge in [-0.25, -0.2) is 0 Å². The van der Waals surface area contributed by atoms with Crippen LogP contribution in [-0.4, -0.2) is 15.3 Å². The van der Waals surface area contributed by atoms with Crippen LogP contribution in [0.25, 0.3) is 0 Å². The minimum Gasteiger partial charge on any atom is -0.482 e. The van der Waals surface area contributed by atoms with Crippen molar-refractivity contribution in [1.82, 2.24) is 10.2 Å². The quantitative estimate of drug-likeness (QED) is 0.913. The molecule has 2 rings (SSSR count). The third kappa shape index (κ3) is 3.45. The molecule has 0 saturated carbocycles. The van der Waals surface area contributed by atoms with Crippen LogP contribution < -0.4 is 4.74 Å². The molecule has 1 aromatic heterocycles. The molecule has 0 aliphatic carbocycles. The molecule has 0 radical (unpaired) electrons. The van der Waals surface area contributed by atoms with Crippen LogP contribution in [0.3, 0.4) is 0 Å². The SMILES string of the molecule is CCc1nnc(COc2ccc([C@@H](C)O)cc2Cl)o1. The van der Waals surface area contributed by atoms with Crippen LogP contribution in [0.1, 0.15) is 37.3 Å². The molecule has 0 amide bonds. The number of hydrogen-bond acceptors (Lipinski definition) is 5. The van der Waals surface area contributed by atoms with E-state index in [0.717, 1.165) is 5.56 Å². The minimum absolute atomic E-state index is 0.167. The average molecular weight is 283 g/mol. The highest BCUT2D eigenvalue weighted by Gasteiger charge is 2.09. The first-order valence-corrected chi connectivity index (χ1v) is 6.39. The normalized spacial score (nSPS) is 12.4. The van der Waals surface area contributed by atoms with Crippen molar-refractivity contribution in [1.29, 1.82) is 0 Å². The van der Waals surface area contributed by atoms with Gasteiger partial charge in [0.05, 0.1) is 11.1 Å². The second-order valence-electron chi connectivity index (χ2n) is 4.10. The third-order valence-corrected chi connectivity index (χ3v) is 2.90. The number of nitrogens with zero attached hydrogens (tertiary/aromatic N) is 2. The second kappa shape index (κ2) is 6.04. The smallest absolute Gasteiger partial charge is 0.253 e. The van der Waals surface area contributed by atoms with Crippen LogP contribution in [-0.2, 0) is 13.0 Å². The van der Waals surface area contributed by atoms with Gasteiger partial charge in [-0.2, -0.15) is 0 Å². The molecule has 19 heavy (non-hydrogen) atoms. The topological polar surface area (TPSA) is 68.4 Å². The highest BCUT2D eigenvalue weighted by molar-refractivity contribution is 6.32. The summed E-state index contributed by atoms with van der Waals surface area (Å²) in [5.41, 5.74) is 0.739. The first kappa shape index (κ1) is 13.8. The van der Waals surface area contributed by atoms with E-state index in [0.29, 0.717) is 29.0 Å². The molecule has 0 saturated heterocycles. The van der Waals surface area contributed by atoms with Crippen molar-refractivity contribution >= 4 is 11.6 Å². The van der Waals surface area contributed by atoms with Crippen LogP contribution in [0.15, 0.2) is 22.6 Å². The average Bonchev–Trinajstić information content (AvgIpc) is 2.85. The summed E-state index contributed by atoms with van der Waals surface area (Å²) in [5, 5.41) is 17.6. The molecular weight excluding hydrogens is 268 g/mol. The van der Waals surface area contributed by atoms with Crippen molar-refractivity contribution in [2.75, 3.05) is 0 Å². The number of hydrogen-bond donors (Lipinski definition) is 1. The Kier molecular flexibility index (Phi) is 4.39. The summed E-state index contributed by atoms with van der Waals surface area (Å²) in [6.45, 7) is 3.78. The molecule has 0 fully saturated rings. The van der Waals surface area contributed by atoms with Crippen molar-refractivity contribution in [2.45, 2.75) is 33.0 Å². The molecule has 0 aliphatic heterocycles. The Morgan fingerprint density at radius 3 is 2.68 bits per heavy atom. The van der Waals surface area contributed by atoms with E-state index in [1.54, 1.807) is 25.1 Å². The van der Waals surface area contributed by atoms with E-state index in [4.69, 9.17) is 20.8 Å². The first-order valence-electron chi connectivity index (χ1n) is 6.01. The Morgan fingerprint density at radius 2 is 2.11 bits per heavy atom. The first-order chi connectivity index (χ1) is 9.10. The van der Waals surface area contributed by atoms with Gasteiger partial charge in [-0.15, -0.1) is 10.2 Å². The standard InChI is InChI=1S/C13H15ClN2O3/c1-3-12-15-16-13(19-12)7-18-11-5-4-9(8(2)17)6-10(11)14/h4-6,8,17H,3,7H2,1-2H3/t8-/m1/s1. The van der Waals surface area contributed by atoms with Gasteiger partial charge in [-0.1, -0.05) is 24.6 Å². The lowest BCUT2D eigenvalue weighted by Crippen LogP contribution is -1.98. The summed E-state index contributed by atoms with van der Waals surface area (Å²) in [6.07, 6.45) is 0.131. The maximum absolute atomic E-state index is 9.44. The van der Waals surface area contributed by atoms with Gasteiger partial charge in [0.15, 0.2) is 6.61 Å². The van der Waals surface area contributed by atoms with Crippen LogP contribution in [0.4, 0.5) is 0 Å². The Labute approximate surface area is 116 Å². The summed E-state index contributed by atoms with van der Waals surface area (Å²) >= 11 is 6.07. The van der Waals surface area contributed by atoms with Crippen molar-refractivity contribution in [3.05, 3.63) is 40.6 Å². The van der Waals surface area contributed by atoms with Gasteiger partial charge in [-0.3, -0.25) is 0 Å². The Balaban J connectivity index is 2.03. The van der Waals surface area contributed by atoms with E-state index in [9.17, 15) is 5.11 Å². The Bertz CT molecular complexity index is 555. The van der Waals surface area contributed by atoms with Crippen LogP contribution >= 0.6 is 11.6 Å². The van der Waals surface area contributed by atoms with Crippen LogP contribution in [0, 0.1) is 0 Å². The molecule has 0 bridgehead atoms. The largest absolute Gasteiger partial charge is 0.482 e. The number of aliphatic hydroxyl groups is 1. The number of benzene rings is 1. The van der Waals surface area contributed by atoms with Gasteiger partial charge in [0.2, 0.25) is 5.89 Å².